The van der Waals surface area contributed by atoms with Crippen LogP contribution in [0.2, 0.25) is 0 Å². The van der Waals surface area contributed by atoms with Crippen LogP contribution in [0.5, 0.6) is 0 Å². The van der Waals surface area contributed by atoms with E-state index < -0.39 is 22.7 Å². The summed E-state index contributed by atoms with van der Waals surface area (Å²) in [6.07, 6.45) is 0.728. The molecule has 1 aliphatic heterocycles. The lowest BCUT2D eigenvalue weighted by molar-refractivity contribution is -0.386. The number of aromatic nitrogens is 2. The largest absolute Gasteiger partial charge is 0.444 e. The fourth-order valence-corrected chi connectivity index (χ4v) is 2.45. The topological polar surface area (TPSA) is 103 Å². The SMILES string of the molecule is Cn1ncc([N+](=O)[O-])c1C1CNCCN1C(=O)OC(C)(C)C. The molecule has 0 aliphatic carbocycles. The standard InChI is InChI=1S/C13H21N5O4/c1-13(2,3)22-12(19)17-6-5-14-7-9(17)11-10(18(20)21)8-15-16(11)4/h8-9,14H,5-7H2,1-4H3. The lowest BCUT2D eigenvalue weighted by Gasteiger charge is -2.36. The zero-order valence-corrected chi connectivity index (χ0v) is 13.2. The van der Waals surface area contributed by atoms with Gasteiger partial charge in [-0.25, -0.2) is 4.79 Å². The number of carbonyl (C=O) groups is 1. The van der Waals surface area contributed by atoms with Crippen molar-refractivity contribution in [2.45, 2.75) is 32.4 Å². The van der Waals surface area contributed by atoms with E-state index in [1.54, 1.807) is 27.8 Å². The summed E-state index contributed by atoms with van der Waals surface area (Å²) in [5.41, 5.74) is -0.321. The lowest BCUT2D eigenvalue weighted by Crippen LogP contribution is -2.50. The third kappa shape index (κ3) is 3.35. The molecule has 9 nitrogen and oxygen atoms in total. The quantitative estimate of drug-likeness (QED) is 0.650. The highest BCUT2D eigenvalue weighted by atomic mass is 16.6. The van der Waals surface area contributed by atoms with Crippen molar-refractivity contribution in [3.05, 3.63) is 22.0 Å². The van der Waals surface area contributed by atoms with Gasteiger partial charge in [0.25, 0.3) is 0 Å². The van der Waals surface area contributed by atoms with Crippen molar-refractivity contribution < 1.29 is 14.5 Å². The predicted octanol–water partition coefficient (Wildman–Crippen LogP) is 1.21. The Kier molecular flexibility index (Phi) is 4.36. The Balaban J connectivity index is 2.33. The maximum Gasteiger partial charge on any atom is 0.410 e. The van der Waals surface area contributed by atoms with Crippen LogP contribution in [0, 0.1) is 10.1 Å². The molecule has 0 bridgehead atoms. The van der Waals surface area contributed by atoms with E-state index >= 15 is 0 Å². The van der Waals surface area contributed by atoms with Crippen molar-refractivity contribution in [2.24, 2.45) is 7.05 Å². The Morgan fingerprint density at radius 3 is 2.82 bits per heavy atom. The number of hydrogen-bond donors (Lipinski definition) is 1. The number of carbonyl (C=O) groups excluding carboxylic acids is 1. The fourth-order valence-electron chi connectivity index (χ4n) is 2.45. The van der Waals surface area contributed by atoms with E-state index in [1.165, 1.54) is 15.8 Å². The number of nitrogens with zero attached hydrogens (tertiary/aromatic N) is 4. The monoisotopic (exact) mass is 311 g/mol. The zero-order valence-electron chi connectivity index (χ0n) is 13.2. The Hall–Kier alpha value is -2.16. The molecule has 1 aliphatic rings. The van der Waals surface area contributed by atoms with Crippen LogP contribution in [0.3, 0.4) is 0 Å². The molecule has 1 unspecified atom stereocenters. The van der Waals surface area contributed by atoms with E-state index in [2.05, 4.69) is 10.4 Å². The van der Waals surface area contributed by atoms with Crippen LogP contribution in [-0.2, 0) is 11.8 Å². The summed E-state index contributed by atoms with van der Waals surface area (Å²) in [6, 6.07) is -0.489. The second-order valence-corrected chi connectivity index (χ2v) is 6.19. The second kappa shape index (κ2) is 5.91. The van der Waals surface area contributed by atoms with Crippen LogP contribution in [0.1, 0.15) is 32.5 Å². The maximum absolute atomic E-state index is 12.4. The molecule has 0 saturated carbocycles. The molecule has 0 radical (unpaired) electrons. The van der Waals surface area contributed by atoms with E-state index in [0.717, 1.165) is 0 Å². The summed E-state index contributed by atoms with van der Waals surface area (Å²) in [5.74, 6) is 0. The van der Waals surface area contributed by atoms with Gasteiger partial charge in [-0.1, -0.05) is 0 Å². The number of rotatable bonds is 2. The number of aryl methyl sites for hydroxylation is 1. The molecule has 22 heavy (non-hydrogen) atoms. The first-order chi connectivity index (χ1) is 10.2. The number of piperazine rings is 1. The molecule has 1 aromatic rings. The third-order valence-corrected chi connectivity index (χ3v) is 3.35. The first kappa shape index (κ1) is 16.2. The van der Waals surface area contributed by atoms with Crippen LogP contribution < -0.4 is 5.32 Å². The van der Waals surface area contributed by atoms with Gasteiger partial charge in [0, 0.05) is 26.7 Å². The molecular weight excluding hydrogens is 290 g/mol. The average molecular weight is 311 g/mol. The molecule has 1 amide bonds. The van der Waals surface area contributed by atoms with E-state index in [4.69, 9.17) is 4.74 Å². The Morgan fingerprint density at radius 1 is 1.55 bits per heavy atom. The summed E-state index contributed by atoms with van der Waals surface area (Å²) >= 11 is 0. The van der Waals surface area contributed by atoms with Crippen LogP contribution >= 0.6 is 0 Å². The maximum atomic E-state index is 12.4. The third-order valence-electron chi connectivity index (χ3n) is 3.35. The predicted molar refractivity (Wildman–Crippen MR) is 78.4 cm³/mol. The van der Waals surface area contributed by atoms with E-state index in [-0.39, 0.29) is 5.69 Å². The second-order valence-electron chi connectivity index (χ2n) is 6.19. The summed E-state index contributed by atoms with van der Waals surface area (Å²) in [6.45, 7) is 6.81. The molecular formula is C13H21N5O4. The van der Waals surface area contributed by atoms with Crippen molar-refractivity contribution in [3.63, 3.8) is 0 Å². The van der Waals surface area contributed by atoms with Gasteiger partial charge < -0.3 is 10.1 Å². The van der Waals surface area contributed by atoms with Gasteiger partial charge in [0.05, 0.1) is 11.0 Å². The van der Waals surface area contributed by atoms with Crippen LogP contribution in [0.25, 0.3) is 0 Å². The Bertz CT molecular complexity index is 577. The van der Waals surface area contributed by atoms with Crippen molar-refractivity contribution in [3.8, 4) is 0 Å². The van der Waals surface area contributed by atoms with Gasteiger partial charge in [-0.3, -0.25) is 19.7 Å². The molecule has 0 spiro atoms. The van der Waals surface area contributed by atoms with Crippen LogP contribution in [0.4, 0.5) is 10.5 Å². The summed E-state index contributed by atoms with van der Waals surface area (Å²) in [5, 5.41) is 18.3. The van der Waals surface area contributed by atoms with E-state index in [0.29, 0.717) is 25.3 Å². The van der Waals surface area contributed by atoms with Crippen molar-refractivity contribution >= 4 is 11.8 Å². The normalized spacial score (nSPS) is 19.1. The van der Waals surface area contributed by atoms with Crippen LogP contribution in [0.15, 0.2) is 6.20 Å². The Morgan fingerprint density at radius 2 is 2.23 bits per heavy atom. The summed E-state index contributed by atoms with van der Waals surface area (Å²) < 4.78 is 6.84. The minimum absolute atomic E-state index is 0.0928. The molecule has 2 rings (SSSR count). The number of nitrogens with one attached hydrogen (secondary N) is 1. The lowest BCUT2D eigenvalue weighted by atomic mass is 10.1. The highest BCUT2D eigenvalue weighted by molar-refractivity contribution is 5.69. The first-order valence-electron chi connectivity index (χ1n) is 7.07. The van der Waals surface area contributed by atoms with Gasteiger partial charge in [-0.05, 0) is 20.8 Å². The number of ether oxygens (including phenoxy) is 1. The summed E-state index contributed by atoms with van der Waals surface area (Å²) in [7, 11) is 1.63. The molecule has 1 fully saturated rings. The van der Waals surface area contributed by atoms with Gasteiger partial charge in [0.15, 0.2) is 0 Å². The number of hydrogen-bond acceptors (Lipinski definition) is 6. The molecule has 1 atom stereocenters. The minimum Gasteiger partial charge on any atom is -0.444 e. The van der Waals surface area contributed by atoms with Gasteiger partial charge >= 0.3 is 11.8 Å². The van der Waals surface area contributed by atoms with Gasteiger partial charge in [0.1, 0.15) is 17.5 Å². The molecule has 122 valence electrons. The van der Waals surface area contributed by atoms with Gasteiger partial charge in [-0.2, -0.15) is 5.10 Å². The molecule has 1 N–H and O–H groups in total. The van der Waals surface area contributed by atoms with Gasteiger partial charge in [-0.15, -0.1) is 0 Å². The highest BCUT2D eigenvalue weighted by Gasteiger charge is 2.37. The Labute approximate surface area is 128 Å². The summed E-state index contributed by atoms with van der Waals surface area (Å²) in [4.78, 5) is 24.6. The fraction of sp³-hybridized carbons (Fsp3) is 0.692. The van der Waals surface area contributed by atoms with Crippen molar-refractivity contribution in [1.29, 1.82) is 0 Å². The number of amides is 1. The highest BCUT2D eigenvalue weighted by Crippen LogP contribution is 2.30. The van der Waals surface area contributed by atoms with Gasteiger partial charge in [0.2, 0.25) is 0 Å². The average Bonchev–Trinajstić information content (AvgIpc) is 2.78. The van der Waals surface area contributed by atoms with Crippen LogP contribution in [-0.4, -0.2) is 50.9 Å². The molecule has 1 saturated heterocycles. The molecule has 9 heteroatoms. The zero-order chi connectivity index (χ0) is 16.5. The molecule has 0 aromatic carbocycles. The smallest absolute Gasteiger partial charge is 0.410 e. The minimum atomic E-state index is -0.620. The van der Waals surface area contributed by atoms with E-state index in [1.807, 2.05) is 0 Å². The number of nitro groups is 1. The molecule has 1 aromatic heterocycles. The molecule has 2 heterocycles. The van der Waals surface area contributed by atoms with E-state index in [9.17, 15) is 14.9 Å². The van der Waals surface area contributed by atoms with Crippen molar-refractivity contribution in [2.75, 3.05) is 19.6 Å². The first-order valence-corrected chi connectivity index (χ1v) is 7.07. The van der Waals surface area contributed by atoms with Crippen molar-refractivity contribution in [1.82, 2.24) is 20.0 Å².